The molecular weight excluding hydrogens is 283 g/mol. The number of aryl methyl sites for hydroxylation is 3. The summed E-state index contributed by atoms with van der Waals surface area (Å²) < 4.78 is 0. The molecule has 0 unspecified atom stereocenters. The summed E-state index contributed by atoms with van der Waals surface area (Å²) in [5.74, 6) is 0. The van der Waals surface area contributed by atoms with Crippen LogP contribution in [0.15, 0.2) is 66.7 Å². The summed E-state index contributed by atoms with van der Waals surface area (Å²) in [7, 11) is -0.539. The second-order valence-electron chi connectivity index (χ2n) is 5.76. The SMILES string of the molecule is Cc1c[c-]c(P(c2ccc(C)cc2)c2ccc(C)cc2)cc1. The van der Waals surface area contributed by atoms with E-state index in [-0.39, 0.29) is 0 Å². The molecule has 1 heteroatoms. The zero-order chi connectivity index (χ0) is 15.5. The third-order valence-corrected chi connectivity index (χ3v) is 6.17. The molecule has 0 N–H and O–H groups in total. The van der Waals surface area contributed by atoms with Gasteiger partial charge >= 0.3 is 0 Å². The maximum atomic E-state index is 3.49. The molecule has 0 aromatic heterocycles. The van der Waals surface area contributed by atoms with Gasteiger partial charge in [0.15, 0.2) is 0 Å². The molecular formula is C21H20P-. The first-order valence-corrected chi connectivity index (χ1v) is 8.89. The summed E-state index contributed by atoms with van der Waals surface area (Å²) >= 11 is 0. The molecule has 0 spiro atoms. The van der Waals surface area contributed by atoms with Gasteiger partial charge in [-0.15, -0.1) is 5.30 Å². The van der Waals surface area contributed by atoms with Gasteiger partial charge in [-0.1, -0.05) is 66.6 Å². The Labute approximate surface area is 134 Å². The van der Waals surface area contributed by atoms with Gasteiger partial charge in [0, 0.05) is 0 Å². The molecule has 0 fully saturated rings. The summed E-state index contributed by atoms with van der Waals surface area (Å²) in [4.78, 5) is 0. The fourth-order valence-corrected chi connectivity index (χ4v) is 4.61. The third-order valence-electron chi connectivity index (χ3n) is 3.78. The molecule has 0 aliphatic rings. The van der Waals surface area contributed by atoms with Crippen molar-refractivity contribution in [3.05, 3.63) is 89.5 Å². The molecule has 0 saturated carbocycles. The van der Waals surface area contributed by atoms with Crippen molar-refractivity contribution in [2.24, 2.45) is 0 Å². The molecule has 3 aromatic rings. The average Bonchev–Trinajstić information content (AvgIpc) is 2.53. The number of benzene rings is 3. The van der Waals surface area contributed by atoms with Crippen LogP contribution in [0.25, 0.3) is 0 Å². The van der Waals surface area contributed by atoms with Crippen molar-refractivity contribution in [3.8, 4) is 0 Å². The van der Waals surface area contributed by atoms with Crippen molar-refractivity contribution in [2.75, 3.05) is 0 Å². The smallest absolute Gasteiger partial charge is 0.0170 e. The first-order chi connectivity index (χ1) is 10.6. The van der Waals surface area contributed by atoms with Crippen molar-refractivity contribution in [1.29, 1.82) is 0 Å². The Hall–Kier alpha value is -1.91. The van der Waals surface area contributed by atoms with Crippen LogP contribution in [0, 0.1) is 26.8 Å². The van der Waals surface area contributed by atoms with Crippen LogP contribution >= 0.6 is 7.92 Å². The van der Waals surface area contributed by atoms with Crippen LogP contribution in [0.3, 0.4) is 0 Å². The van der Waals surface area contributed by atoms with Crippen molar-refractivity contribution in [3.63, 3.8) is 0 Å². The van der Waals surface area contributed by atoms with Crippen LogP contribution in [-0.2, 0) is 0 Å². The highest BCUT2D eigenvalue weighted by Crippen LogP contribution is 2.32. The third kappa shape index (κ3) is 3.29. The highest BCUT2D eigenvalue weighted by atomic mass is 31.1. The fraction of sp³-hybridized carbons (Fsp3) is 0.143. The zero-order valence-corrected chi connectivity index (χ0v) is 14.2. The topological polar surface area (TPSA) is 0 Å². The van der Waals surface area contributed by atoms with E-state index in [0.717, 1.165) is 0 Å². The molecule has 0 amide bonds. The second kappa shape index (κ2) is 6.46. The first kappa shape index (κ1) is 15.0. The van der Waals surface area contributed by atoms with Gasteiger partial charge in [0.25, 0.3) is 0 Å². The van der Waals surface area contributed by atoms with Gasteiger partial charge in [0.05, 0.1) is 0 Å². The normalized spacial score (nSPS) is 10.9. The zero-order valence-electron chi connectivity index (χ0n) is 13.3. The van der Waals surface area contributed by atoms with Gasteiger partial charge in [-0.25, -0.2) is 0 Å². The second-order valence-corrected chi connectivity index (χ2v) is 7.94. The fourth-order valence-electron chi connectivity index (χ4n) is 2.45. The van der Waals surface area contributed by atoms with Gasteiger partial charge < -0.3 is 0 Å². The van der Waals surface area contributed by atoms with E-state index in [9.17, 15) is 0 Å². The number of hydrogen-bond acceptors (Lipinski definition) is 0. The van der Waals surface area contributed by atoms with Gasteiger partial charge in [0.2, 0.25) is 0 Å². The molecule has 0 bridgehead atoms. The average molecular weight is 303 g/mol. The highest BCUT2D eigenvalue weighted by molar-refractivity contribution is 7.79. The molecule has 0 aliphatic carbocycles. The molecule has 0 atom stereocenters. The Balaban J connectivity index is 2.10. The molecule has 22 heavy (non-hydrogen) atoms. The molecule has 3 aromatic carbocycles. The summed E-state index contributed by atoms with van der Waals surface area (Å²) in [5.41, 5.74) is 3.86. The summed E-state index contributed by atoms with van der Waals surface area (Å²) in [6.45, 7) is 6.38. The summed E-state index contributed by atoms with van der Waals surface area (Å²) in [6, 6.07) is 27.8. The van der Waals surface area contributed by atoms with Crippen LogP contribution in [0.2, 0.25) is 0 Å². The molecule has 0 radical (unpaired) electrons. The van der Waals surface area contributed by atoms with Crippen LogP contribution in [0.5, 0.6) is 0 Å². The molecule has 3 rings (SSSR count). The minimum absolute atomic E-state index is 0.539. The van der Waals surface area contributed by atoms with E-state index in [0.29, 0.717) is 0 Å². The maximum absolute atomic E-state index is 3.49. The Morgan fingerprint density at radius 2 is 1.05 bits per heavy atom. The van der Waals surface area contributed by atoms with Crippen molar-refractivity contribution >= 4 is 23.8 Å². The predicted octanol–water partition coefficient (Wildman–Crippen LogP) is 4.17. The van der Waals surface area contributed by atoms with E-state index in [1.165, 1.54) is 32.6 Å². The predicted molar refractivity (Wildman–Crippen MR) is 98.2 cm³/mol. The molecule has 0 aliphatic heterocycles. The Morgan fingerprint density at radius 1 is 0.591 bits per heavy atom. The van der Waals surface area contributed by atoms with Crippen molar-refractivity contribution < 1.29 is 0 Å². The van der Waals surface area contributed by atoms with E-state index in [4.69, 9.17) is 0 Å². The van der Waals surface area contributed by atoms with Crippen LogP contribution < -0.4 is 15.9 Å². The summed E-state index contributed by atoms with van der Waals surface area (Å²) in [5, 5.41) is 4.04. The Bertz CT molecular complexity index is 629. The lowest BCUT2D eigenvalue weighted by atomic mass is 10.2. The molecule has 0 nitrogen and oxygen atoms in total. The monoisotopic (exact) mass is 303 g/mol. The minimum atomic E-state index is -0.539. The van der Waals surface area contributed by atoms with Crippen molar-refractivity contribution in [1.82, 2.24) is 0 Å². The lowest BCUT2D eigenvalue weighted by Crippen LogP contribution is -2.20. The van der Waals surface area contributed by atoms with Crippen molar-refractivity contribution in [2.45, 2.75) is 20.8 Å². The number of hydrogen-bond donors (Lipinski definition) is 0. The molecule has 110 valence electrons. The molecule has 0 saturated heterocycles. The maximum Gasteiger partial charge on any atom is -0.0170 e. The minimum Gasteiger partial charge on any atom is -0.175 e. The quantitative estimate of drug-likeness (QED) is 0.503. The Morgan fingerprint density at radius 3 is 1.45 bits per heavy atom. The lowest BCUT2D eigenvalue weighted by molar-refractivity contribution is 1.48. The standard InChI is InChI=1S/C21H20P/c1-16-4-10-19(11-5-16)22(20-12-6-17(2)7-13-20)21-14-8-18(3)9-15-21/h4-14H,1-3H3/q-1. The van der Waals surface area contributed by atoms with E-state index < -0.39 is 7.92 Å². The first-order valence-electron chi connectivity index (χ1n) is 7.55. The largest absolute Gasteiger partial charge is 0.175 e. The van der Waals surface area contributed by atoms with E-state index in [1.807, 2.05) is 0 Å². The van der Waals surface area contributed by atoms with Gasteiger partial charge in [-0.05, 0) is 32.4 Å². The highest BCUT2D eigenvalue weighted by Gasteiger charge is 2.12. The lowest BCUT2D eigenvalue weighted by Gasteiger charge is -2.24. The van der Waals surface area contributed by atoms with E-state index in [1.54, 1.807) is 0 Å². The summed E-state index contributed by atoms with van der Waals surface area (Å²) in [6.07, 6.45) is 0. The van der Waals surface area contributed by atoms with E-state index >= 15 is 0 Å². The van der Waals surface area contributed by atoms with Gasteiger partial charge in [-0.2, -0.15) is 29.8 Å². The van der Waals surface area contributed by atoms with Crippen LogP contribution in [0.4, 0.5) is 0 Å². The van der Waals surface area contributed by atoms with Gasteiger partial charge in [-0.3, -0.25) is 0 Å². The van der Waals surface area contributed by atoms with E-state index in [2.05, 4.69) is 93.6 Å². The van der Waals surface area contributed by atoms with Crippen LogP contribution in [-0.4, -0.2) is 0 Å². The number of rotatable bonds is 3. The van der Waals surface area contributed by atoms with Crippen LogP contribution in [0.1, 0.15) is 16.7 Å². The Kier molecular flexibility index (Phi) is 4.41. The van der Waals surface area contributed by atoms with Gasteiger partial charge in [0.1, 0.15) is 0 Å². The molecule has 0 heterocycles.